The van der Waals surface area contributed by atoms with Crippen molar-refractivity contribution in [1.29, 1.82) is 0 Å². The molecule has 1 nitrogen and oxygen atoms in total. The highest BCUT2D eigenvalue weighted by Crippen LogP contribution is 2.22. The molecule has 0 atom stereocenters. The Morgan fingerprint density at radius 2 is 2.08 bits per heavy atom. The van der Waals surface area contributed by atoms with Gasteiger partial charge in [-0.25, -0.2) is 4.39 Å². The first-order chi connectivity index (χ1) is 5.95. The Morgan fingerprint density at radius 1 is 1.46 bits per heavy atom. The fourth-order valence-electron chi connectivity index (χ4n) is 1.07. The second-order valence-electron chi connectivity index (χ2n) is 3.95. The van der Waals surface area contributed by atoms with Gasteiger partial charge in [0.25, 0.3) is 0 Å². The number of hydrogen-bond acceptors (Lipinski definition) is 1. The van der Waals surface area contributed by atoms with E-state index in [9.17, 15) is 4.39 Å². The highest BCUT2D eigenvalue weighted by Gasteiger charge is 2.19. The van der Waals surface area contributed by atoms with Crippen molar-refractivity contribution in [3.63, 3.8) is 0 Å². The van der Waals surface area contributed by atoms with E-state index in [0.717, 1.165) is 0 Å². The summed E-state index contributed by atoms with van der Waals surface area (Å²) in [6.45, 7) is 5.73. The highest BCUT2D eigenvalue weighted by molar-refractivity contribution is 5.32. The van der Waals surface area contributed by atoms with Crippen LogP contribution < -0.4 is 0 Å². The third-order valence-corrected chi connectivity index (χ3v) is 1.72. The Bertz CT molecular complexity index is 355. The summed E-state index contributed by atoms with van der Waals surface area (Å²) in [5.74, 6) is 2.01. The van der Waals surface area contributed by atoms with Crippen LogP contribution in [0.2, 0.25) is 0 Å². The van der Waals surface area contributed by atoms with Crippen LogP contribution in [-0.2, 0) is 5.41 Å². The SMILES string of the molecule is C#Cc1cnc(C(C)(C)C)c(F)c1. The van der Waals surface area contributed by atoms with Gasteiger partial charge in [-0.1, -0.05) is 26.7 Å². The van der Waals surface area contributed by atoms with Crippen LogP contribution in [0.1, 0.15) is 32.0 Å². The molecular weight excluding hydrogens is 165 g/mol. The van der Waals surface area contributed by atoms with Crippen LogP contribution in [0.25, 0.3) is 0 Å². The summed E-state index contributed by atoms with van der Waals surface area (Å²) in [4.78, 5) is 4.00. The summed E-state index contributed by atoms with van der Waals surface area (Å²) >= 11 is 0. The summed E-state index contributed by atoms with van der Waals surface area (Å²) in [5.41, 5.74) is 0.647. The molecule has 0 aliphatic rings. The highest BCUT2D eigenvalue weighted by atomic mass is 19.1. The normalized spacial score (nSPS) is 11.0. The van der Waals surface area contributed by atoms with E-state index in [1.807, 2.05) is 20.8 Å². The van der Waals surface area contributed by atoms with Crippen molar-refractivity contribution < 1.29 is 4.39 Å². The third-order valence-electron chi connectivity index (χ3n) is 1.72. The Balaban J connectivity index is 3.23. The largest absolute Gasteiger partial charge is 0.256 e. The molecule has 0 saturated carbocycles. The molecule has 1 aromatic heterocycles. The van der Waals surface area contributed by atoms with Crippen LogP contribution >= 0.6 is 0 Å². The molecule has 0 radical (unpaired) electrons. The predicted molar refractivity (Wildman–Crippen MR) is 50.8 cm³/mol. The summed E-state index contributed by atoms with van der Waals surface area (Å²) in [5, 5.41) is 0. The lowest BCUT2D eigenvalue weighted by Gasteiger charge is -2.17. The second kappa shape index (κ2) is 3.18. The predicted octanol–water partition coefficient (Wildman–Crippen LogP) is 2.50. The van der Waals surface area contributed by atoms with Crippen molar-refractivity contribution in [3.05, 3.63) is 29.3 Å². The quantitative estimate of drug-likeness (QED) is 0.555. The second-order valence-corrected chi connectivity index (χ2v) is 3.95. The van der Waals surface area contributed by atoms with Crippen molar-refractivity contribution >= 4 is 0 Å². The van der Waals surface area contributed by atoms with Gasteiger partial charge in [0.1, 0.15) is 5.82 Å². The number of rotatable bonds is 0. The van der Waals surface area contributed by atoms with E-state index in [1.54, 1.807) is 0 Å². The maximum atomic E-state index is 13.4. The molecule has 0 spiro atoms. The van der Waals surface area contributed by atoms with Crippen molar-refractivity contribution in [2.24, 2.45) is 0 Å². The van der Waals surface area contributed by atoms with Crippen LogP contribution in [0.5, 0.6) is 0 Å². The Labute approximate surface area is 78.0 Å². The van der Waals surface area contributed by atoms with Crippen molar-refractivity contribution in [1.82, 2.24) is 4.98 Å². The van der Waals surface area contributed by atoms with E-state index in [4.69, 9.17) is 6.42 Å². The van der Waals surface area contributed by atoms with Gasteiger partial charge in [0.15, 0.2) is 0 Å². The zero-order valence-electron chi connectivity index (χ0n) is 8.06. The van der Waals surface area contributed by atoms with Crippen LogP contribution in [0, 0.1) is 18.2 Å². The average Bonchev–Trinajstić information content (AvgIpc) is 2.01. The van der Waals surface area contributed by atoms with Crippen LogP contribution in [0.4, 0.5) is 4.39 Å². The Hall–Kier alpha value is -1.36. The molecule has 0 amide bonds. The number of terminal acetylenes is 1. The van der Waals surface area contributed by atoms with Crippen molar-refractivity contribution in [3.8, 4) is 12.3 Å². The first-order valence-electron chi connectivity index (χ1n) is 4.08. The van der Waals surface area contributed by atoms with Crippen molar-refractivity contribution in [2.75, 3.05) is 0 Å². The van der Waals surface area contributed by atoms with Crippen LogP contribution in [-0.4, -0.2) is 4.98 Å². The molecule has 0 aliphatic carbocycles. The van der Waals surface area contributed by atoms with Gasteiger partial charge in [0.2, 0.25) is 0 Å². The molecule has 1 rings (SSSR count). The molecule has 0 bridgehead atoms. The van der Waals surface area contributed by atoms with E-state index < -0.39 is 0 Å². The lowest BCUT2D eigenvalue weighted by Crippen LogP contribution is -2.16. The summed E-state index contributed by atoms with van der Waals surface area (Å²) < 4.78 is 13.4. The minimum atomic E-state index is -0.331. The minimum Gasteiger partial charge on any atom is -0.256 e. The lowest BCUT2D eigenvalue weighted by molar-refractivity contribution is 0.502. The molecule has 2 heteroatoms. The van der Waals surface area contributed by atoms with Crippen LogP contribution in [0.15, 0.2) is 12.3 Å². The summed E-state index contributed by atoms with van der Waals surface area (Å²) in [6, 6.07) is 1.34. The molecule has 13 heavy (non-hydrogen) atoms. The van der Waals surface area contributed by atoms with Gasteiger partial charge >= 0.3 is 0 Å². The molecule has 0 fully saturated rings. The first-order valence-corrected chi connectivity index (χ1v) is 4.08. The van der Waals surface area contributed by atoms with Crippen LogP contribution in [0.3, 0.4) is 0 Å². The standard InChI is InChI=1S/C11H12FN/c1-5-8-6-9(12)10(13-7-8)11(2,3)4/h1,6-7H,2-4H3. The molecule has 1 heterocycles. The van der Waals surface area contributed by atoms with E-state index in [2.05, 4.69) is 10.9 Å². The fraction of sp³-hybridized carbons (Fsp3) is 0.364. The van der Waals surface area contributed by atoms with Gasteiger partial charge in [-0.3, -0.25) is 4.98 Å². The van der Waals surface area contributed by atoms with Gasteiger partial charge in [-0.05, 0) is 6.07 Å². The molecule has 0 aromatic carbocycles. The molecule has 0 saturated heterocycles. The van der Waals surface area contributed by atoms with Gasteiger partial charge < -0.3 is 0 Å². The van der Waals surface area contributed by atoms with Gasteiger partial charge in [0, 0.05) is 17.2 Å². The molecule has 0 aliphatic heterocycles. The van der Waals surface area contributed by atoms with E-state index >= 15 is 0 Å². The molecule has 68 valence electrons. The van der Waals surface area contributed by atoms with E-state index in [-0.39, 0.29) is 11.2 Å². The lowest BCUT2D eigenvalue weighted by atomic mass is 9.91. The van der Waals surface area contributed by atoms with E-state index in [1.165, 1.54) is 12.3 Å². The molecular formula is C11H12FN. The van der Waals surface area contributed by atoms with E-state index in [0.29, 0.717) is 11.3 Å². The molecule has 0 unspecified atom stereocenters. The van der Waals surface area contributed by atoms with Gasteiger partial charge in [-0.2, -0.15) is 0 Å². The van der Waals surface area contributed by atoms with Crippen molar-refractivity contribution in [2.45, 2.75) is 26.2 Å². The third kappa shape index (κ3) is 2.06. The summed E-state index contributed by atoms with van der Waals surface area (Å²) in [6.07, 6.45) is 6.64. The Kier molecular flexibility index (Phi) is 2.38. The van der Waals surface area contributed by atoms with Gasteiger partial charge in [-0.15, -0.1) is 6.42 Å². The number of nitrogens with zero attached hydrogens (tertiary/aromatic N) is 1. The number of aromatic nitrogens is 1. The monoisotopic (exact) mass is 177 g/mol. The van der Waals surface area contributed by atoms with Gasteiger partial charge in [0.05, 0.1) is 5.69 Å². The zero-order chi connectivity index (χ0) is 10.1. The topological polar surface area (TPSA) is 12.9 Å². The maximum absolute atomic E-state index is 13.4. The minimum absolute atomic E-state index is 0.281. The molecule has 0 N–H and O–H groups in total. The number of pyridine rings is 1. The Morgan fingerprint density at radius 3 is 2.46 bits per heavy atom. The summed E-state index contributed by atoms with van der Waals surface area (Å²) in [7, 11) is 0. The molecule has 1 aromatic rings. The zero-order valence-corrected chi connectivity index (χ0v) is 8.06. The first kappa shape index (κ1) is 9.73. The average molecular weight is 177 g/mol. The smallest absolute Gasteiger partial charge is 0.146 e. The fourth-order valence-corrected chi connectivity index (χ4v) is 1.07. The number of hydrogen-bond donors (Lipinski definition) is 0. The maximum Gasteiger partial charge on any atom is 0.146 e. The number of halogens is 1.